The summed E-state index contributed by atoms with van der Waals surface area (Å²) in [6.07, 6.45) is 0. The number of anilines is 3. The molecule has 2 aliphatic rings. The molecule has 0 radical (unpaired) electrons. The van der Waals surface area contributed by atoms with Gasteiger partial charge in [-0.2, -0.15) is 9.97 Å². The average Bonchev–Trinajstić information content (AvgIpc) is 2.99. The number of nitrogens with zero attached hydrogens (tertiary/aromatic N) is 4. The summed E-state index contributed by atoms with van der Waals surface area (Å²) in [4.78, 5) is 13.4. The smallest absolute Gasteiger partial charge is 0.223 e. The molecule has 3 heterocycles. The maximum Gasteiger partial charge on any atom is 0.223 e. The van der Waals surface area contributed by atoms with Crippen LogP contribution in [0.25, 0.3) is 0 Å². The highest BCUT2D eigenvalue weighted by Gasteiger charge is 2.22. The van der Waals surface area contributed by atoms with Gasteiger partial charge in [-0.25, -0.2) is 0 Å². The van der Waals surface area contributed by atoms with Crippen LogP contribution in [0.4, 0.5) is 17.6 Å². The maximum absolute atomic E-state index is 5.95. The molecule has 0 aliphatic carbocycles. The van der Waals surface area contributed by atoms with E-state index in [1.54, 1.807) is 0 Å². The highest BCUT2D eigenvalue weighted by molar-refractivity contribution is 5.56. The molecular weight excluding hydrogens is 276 g/mol. The van der Waals surface area contributed by atoms with Crippen LogP contribution in [-0.4, -0.2) is 36.1 Å². The number of nitrogen functional groups attached to an aromatic ring is 1. The number of piperazine rings is 1. The van der Waals surface area contributed by atoms with Crippen molar-refractivity contribution >= 4 is 17.6 Å². The normalized spacial score (nSPS) is 17.6. The quantitative estimate of drug-likeness (QED) is 0.861. The van der Waals surface area contributed by atoms with E-state index in [4.69, 9.17) is 5.73 Å². The first-order chi connectivity index (χ1) is 10.8. The average molecular weight is 296 g/mol. The van der Waals surface area contributed by atoms with Crippen molar-refractivity contribution in [3.63, 3.8) is 0 Å². The monoisotopic (exact) mass is 296 g/mol. The number of hydrogen-bond acceptors (Lipinski definition) is 6. The Kier molecular flexibility index (Phi) is 3.31. The Balaban J connectivity index is 1.61. The van der Waals surface area contributed by atoms with Crippen LogP contribution in [0.15, 0.2) is 30.3 Å². The zero-order chi connectivity index (χ0) is 14.9. The predicted molar refractivity (Wildman–Crippen MR) is 87.9 cm³/mol. The molecule has 114 valence electrons. The molecule has 1 fully saturated rings. The van der Waals surface area contributed by atoms with Crippen LogP contribution in [0.5, 0.6) is 0 Å². The van der Waals surface area contributed by atoms with E-state index in [1.165, 1.54) is 11.1 Å². The Hall–Kier alpha value is -2.34. The van der Waals surface area contributed by atoms with Crippen molar-refractivity contribution in [2.75, 3.05) is 41.7 Å². The number of fused-ring (bicyclic) bond motifs is 1. The molecule has 0 amide bonds. The van der Waals surface area contributed by atoms with E-state index >= 15 is 0 Å². The number of nitrogens with one attached hydrogen (secondary N) is 1. The van der Waals surface area contributed by atoms with Gasteiger partial charge < -0.3 is 20.9 Å². The molecule has 22 heavy (non-hydrogen) atoms. The topological polar surface area (TPSA) is 70.3 Å². The summed E-state index contributed by atoms with van der Waals surface area (Å²) in [5.74, 6) is 2.19. The first-order valence-corrected chi connectivity index (χ1v) is 7.71. The van der Waals surface area contributed by atoms with Crippen molar-refractivity contribution in [1.82, 2.24) is 15.3 Å². The third kappa shape index (κ3) is 2.46. The minimum Gasteiger partial charge on any atom is -0.368 e. The largest absolute Gasteiger partial charge is 0.368 e. The van der Waals surface area contributed by atoms with Crippen molar-refractivity contribution in [1.29, 1.82) is 0 Å². The molecule has 0 saturated carbocycles. The van der Waals surface area contributed by atoms with Crippen LogP contribution >= 0.6 is 0 Å². The molecule has 1 saturated heterocycles. The van der Waals surface area contributed by atoms with Crippen LogP contribution in [0.2, 0.25) is 0 Å². The van der Waals surface area contributed by atoms with E-state index in [1.807, 2.05) is 0 Å². The number of hydrogen-bond donors (Lipinski definition) is 2. The van der Waals surface area contributed by atoms with Gasteiger partial charge in [0.1, 0.15) is 11.6 Å². The van der Waals surface area contributed by atoms with Crippen molar-refractivity contribution in [3.8, 4) is 0 Å². The summed E-state index contributed by atoms with van der Waals surface area (Å²) >= 11 is 0. The van der Waals surface area contributed by atoms with E-state index in [0.29, 0.717) is 5.95 Å². The van der Waals surface area contributed by atoms with E-state index in [0.717, 1.165) is 50.9 Å². The molecule has 2 aliphatic heterocycles. The van der Waals surface area contributed by atoms with Gasteiger partial charge >= 0.3 is 0 Å². The Bertz CT molecular complexity index is 655. The fraction of sp³-hybridized carbons (Fsp3) is 0.375. The standard InChI is InChI=1S/C16H20N6/c17-16-19-14(21-7-5-18-6-8-21)9-15(20-16)22-10-12-3-1-2-4-13(12)11-22/h1-4,9,18H,5-8,10-11H2,(H2,17,19,20). The zero-order valence-corrected chi connectivity index (χ0v) is 12.5. The molecule has 3 N–H and O–H groups in total. The summed E-state index contributed by atoms with van der Waals surface area (Å²) < 4.78 is 0. The van der Waals surface area contributed by atoms with Gasteiger partial charge in [0.05, 0.1) is 0 Å². The second-order valence-electron chi connectivity index (χ2n) is 5.80. The lowest BCUT2D eigenvalue weighted by Gasteiger charge is -2.29. The van der Waals surface area contributed by atoms with Gasteiger partial charge in [-0.3, -0.25) is 0 Å². The van der Waals surface area contributed by atoms with Gasteiger partial charge in [-0.05, 0) is 11.1 Å². The maximum atomic E-state index is 5.95. The molecule has 6 heteroatoms. The molecule has 0 spiro atoms. The van der Waals surface area contributed by atoms with Crippen molar-refractivity contribution < 1.29 is 0 Å². The number of rotatable bonds is 2. The second-order valence-corrected chi connectivity index (χ2v) is 5.80. The summed E-state index contributed by atoms with van der Waals surface area (Å²) in [7, 11) is 0. The summed E-state index contributed by atoms with van der Waals surface area (Å²) in [5.41, 5.74) is 8.68. The van der Waals surface area contributed by atoms with Crippen LogP contribution in [0.3, 0.4) is 0 Å². The molecule has 0 atom stereocenters. The van der Waals surface area contributed by atoms with Gasteiger partial charge in [-0.1, -0.05) is 24.3 Å². The molecule has 0 bridgehead atoms. The highest BCUT2D eigenvalue weighted by Crippen LogP contribution is 2.29. The van der Waals surface area contributed by atoms with Gasteiger partial charge in [0.15, 0.2) is 0 Å². The first-order valence-electron chi connectivity index (χ1n) is 7.71. The van der Waals surface area contributed by atoms with E-state index in [9.17, 15) is 0 Å². The van der Waals surface area contributed by atoms with Crippen molar-refractivity contribution in [2.24, 2.45) is 0 Å². The Morgan fingerprint density at radius 3 is 2.14 bits per heavy atom. The van der Waals surface area contributed by atoms with Gasteiger partial charge in [-0.15, -0.1) is 0 Å². The van der Waals surface area contributed by atoms with Gasteiger partial charge in [0, 0.05) is 45.3 Å². The van der Waals surface area contributed by atoms with Crippen LogP contribution in [-0.2, 0) is 13.1 Å². The van der Waals surface area contributed by atoms with Crippen LogP contribution < -0.4 is 20.9 Å². The van der Waals surface area contributed by atoms with E-state index in [-0.39, 0.29) is 0 Å². The summed E-state index contributed by atoms with van der Waals surface area (Å²) in [5, 5.41) is 3.35. The molecule has 4 rings (SSSR count). The fourth-order valence-corrected chi connectivity index (χ4v) is 3.15. The lowest BCUT2D eigenvalue weighted by Crippen LogP contribution is -2.44. The van der Waals surface area contributed by atoms with E-state index < -0.39 is 0 Å². The van der Waals surface area contributed by atoms with Crippen molar-refractivity contribution in [3.05, 3.63) is 41.5 Å². The van der Waals surface area contributed by atoms with Gasteiger partial charge in [0.25, 0.3) is 0 Å². The molecule has 1 aromatic carbocycles. The highest BCUT2D eigenvalue weighted by atomic mass is 15.3. The number of aromatic nitrogens is 2. The van der Waals surface area contributed by atoms with E-state index in [2.05, 4.69) is 55.4 Å². The Morgan fingerprint density at radius 1 is 0.909 bits per heavy atom. The number of benzene rings is 1. The van der Waals surface area contributed by atoms with Crippen LogP contribution in [0, 0.1) is 0 Å². The molecular formula is C16H20N6. The minimum absolute atomic E-state index is 0.349. The Labute approximate surface area is 130 Å². The predicted octanol–water partition coefficient (Wildman–Crippen LogP) is 0.989. The Morgan fingerprint density at radius 2 is 1.50 bits per heavy atom. The lowest BCUT2D eigenvalue weighted by atomic mass is 10.1. The minimum atomic E-state index is 0.349. The third-order valence-electron chi connectivity index (χ3n) is 4.32. The summed E-state index contributed by atoms with van der Waals surface area (Å²) in [6, 6.07) is 10.6. The third-order valence-corrected chi connectivity index (χ3v) is 4.32. The molecule has 1 aromatic heterocycles. The first kappa shape index (κ1) is 13.3. The van der Waals surface area contributed by atoms with Crippen LogP contribution in [0.1, 0.15) is 11.1 Å². The SMILES string of the molecule is Nc1nc(N2CCNCC2)cc(N2Cc3ccccc3C2)n1. The molecule has 2 aromatic rings. The zero-order valence-electron chi connectivity index (χ0n) is 12.5. The second kappa shape index (κ2) is 5.46. The van der Waals surface area contributed by atoms with Gasteiger partial charge in [0.2, 0.25) is 5.95 Å². The molecule has 6 nitrogen and oxygen atoms in total. The fourth-order valence-electron chi connectivity index (χ4n) is 3.15. The summed E-state index contributed by atoms with van der Waals surface area (Å²) in [6.45, 7) is 5.64. The number of nitrogens with two attached hydrogens (primary N) is 1. The van der Waals surface area contributed by atoms with Crippen molar-refractivity contribution in [2.45, 2.75) is 13.1 Å². The lowest BCUT2D eigenvalue weighted by molar-refractivity contribution is 0.584. The molecule has 0 unspecified atom stereocenters.